The highest BCUT2D eigenvalue weighted by atomic mass is 16.4. The molecule has 0 radical (unpaired) electrons. The fourth-order valence-corrected chi connectivity index (χ4v) is 1.19. The van der Waals surface area contributed by atoms with Crippen molar-refractivity contribution in [3.8, 4) is 12.3 Å². The molecule has 2 N–H and O–H groups in total. The van der Waals surface area contributed by atoms with Crippen molar-refractivity contribution in [1.82, 2.24) is 14.9 Å². The minimum atomic E-state index is -1.12. The number of nitrogens with zero attached hydrogens (tertiary/aromatic N) is 2. The number of terminal acetylenes is 1. The molecule has 0 spiro atoms. The van der Waals surface area contributed by atoms with Crippen LogP contribution in [0.2, 0.25) is 0 Å². The first kappa shape index (κ1) is 11.8. The lowest BCUT2D eigenvalue weighted by molar-refractivity contribution is -0.121. The maximum atomic E-state index is 11.3. The highest BCUT2D eigenvalue weighted by Gasteiger charge is 2.15. The molecule has 1 heterocycles. The van der Waals surface area contributed by atoms with Crippen molar-refractivity contribution in [2.45, 2.75) is 13.5 Å². The van der Waals surface area contributed by atoms with Gasteiger partial charge in [-0.1, -0.05) is 5.92 Å². The minimum Gasteiger partial charge on any atom is -0.477 e. The molecule has 1 amide bonds. The van der Waals surface area contributed by atoms with Crippen LogP contribution in [0.5, 0.6) is 0 Å². The van der Waals surface area contributed by atoms with Gasteiger partial charge in [-0.2, -0.15) is 0 Å². The number of aryl methyl sites for hydroxylation is 1. The lowest BCUT2D eigenvalue weighted by Gasteiger charge is -2.07. The summed E-state index contributed by atoms with van der Waals surface area (Å²) in [6.07, 6.45) is 6.19. The molecule has 84 valence electrons. The Morgan fingerprint density at radius 2 is 2.38 bits per heavy atom. The third kappa shape index (κ3) is 2.60. The minimum absolute atomic E-state index is 0.0200. The van der Waals surface area contributed by atoms with Gasteiger partial charge in [0.1, 0.15) is 18.1 Å². The van der Waals surface area contributed by atoms with E-state index in [1.54, 1.807) is 6.92 Å². The highest BCUT2D eigenvalue weighted by Crippen LogP contribution is 2.04. The summed E-state index contributed by atoms with van der Waals surface area (Å²) in [4.78, 5) is 26.0. The molecule has 0 aliphatic rings. The number of hydrogen-bond acceptors (Lipinski definition) is 3. The average molecular weight is 221 g/mol. The Labute approximate surface area is 92.3 Å². The first-order valence-corrected chi connectivity index (χ1v) is 4.52. The molecule has 0 aromatic carbocycles. The van der Waals surface area contributed by atoms with Gasteiger partial charge in [-0.15, -0.1) is 6.42 Å². The number of rotatable bonds is 4. The van der Waals surface area contributed by atoms with Crippen LogP contribution >= 0.6 is 0 Å². The molecule has 6 heteroatoms. The number of amides is 1. The van der Waals surface area contributed by atoms with Gasteiger partial charge in [0.05, 0.1) is 12.7 Å². The van der Waals surface area contributed by atoms with Crippen LogP contribution in [-0.2, 0) is 11.3 Å². The Balaban J connectivity index is 2.80. The molecule has 16 heavy (non-hydrogen) atoms. The second kappa shape index (κ2) is 4.98. The van der Waals surface area contributed by atoms with Crippen molar-refractivity contribution in [3.63, 3.8) is 0 Å². The molecule has 1 aromatic rings. The van der Waals surface area contributed by atoms with Crippen LogP contribution in [0.15, 0.2) is 6.20 Å². The van der Waals surface area contributed by atoms with Crippen molar-refractivity contribution < 1.29 is 14.7 Å². The fraction of sp³-hybridized carbons (Fsp3) is 0.300. The van der Waals surface area contributed by atoms with Crippen LogP contribution in [0.3, 0.4) is 0 Å². The Bertz CT molecular complexity index is 456. The maximum Gasteiger partial charge on any atom is 0.354 e. The van der Waals surface area contributed by atoms with E-state index in [4.69, 9.17) is 11.5 Å². The standard InChI is InChI=1S/C10H11N3O3/c1-3-4-11-9(14)6-13-7(2)12-5-8(13)10(15)16/h1,5H,4,6H2,2H3,(H,11,14)(H,15,16). The number of imidazole rings is 1. The number of nitrogens with one attached hydrogen (secondary N) is 1. The summed E-state index contributed by atoms with van der Waals surface area (Å²) >= 11 is 0. The Hall–Kier alpha value is -2.29. The van der Waals surface area contributed by atoms with Crippen LogP contribution in [0.1, 0.15) is 16.3 Å². The van der Waals surface area contributed by atoms with Gasteiger partial charge in [-0.05, 0) is 6.92 Å². The molecule has 0 saturated heterocycles. The van der Waals surface area contributed by atoms with Gasteiger partial charge < -0.3 is 15.0 Å². The smallest absolute Gasteiger partial charge is 0.354 e. The predicted octanol–water partition coefficient (Wildman–Crippen LogP) is -0.361. The van der Waals surface area contributed by atoms with Crippen LogP contribution < -0.4 is 5.32 Å². The lowest BCUT2D eigenvalue weighted by Crippen LogP contribution is -2.29. The summed E-state index contributed by atoms with van der Waals surface area (Å²) in [6.45, 7) is 1.64. The molecule has 0 atom stereocenters. The van der Waals surface area contributed by atoms with E-state index < -0.39 is 5.97 Å². The number of hydrogen-bond donors (Lipinski definition) is 2. The molecule has 0 bridgehead atoms. The van der Waals surface area contributed by atoms with Gasteiger partial charge in [0.15, 0.2) is 0 Å². The van der Waals surface area contributed by atoms with E-state index in [0.717, 1.165) is 0 Å². The Kier molecular flexibility index (Phi) is 3.67. The normalized spacial score (nSPS) is 9.50. The largest absolute Gasteiger partial charge is 0.477 e. The SMILES string of the molecule is C#CCNC(=O)Cn1c(C(=O)O)cnc1C. The molecular weight excluding hydrogens is 210 g/mol. The summed E-state index contributed by atoms with van der Waals surface area (Å²) in [7, 11) is 0. The zero-order chi connectivity index (χ0) is 12.1. The van der Waals surface area contributed by atoms with Crippen LogP contribution in [0, 0.1) is 19.3 Å². The van der Waals surface area contributed by atoms with Gasteiger partial charge in [0.25, 0.3) is 0 Å². The second-order valence-corrected chi connectivity index (χ2v) is 3.06. The summed E-state index contributed by atoms with van der Waals surface area (Å²) < 4.78 is 1.31. The van der Waals surface area contributed by atoms with Crippen LogP contribution in [0.4, 0.5) is 0 Å². The molecule has 0 aliphatic heterocycles. The number of carbonyl (C=O) groups excluding carboxylic acids is 1. The summed E-state index contributed by atoms with van der Waals surface area (Å²) in [5, 5.41) is 11.3. The summed E-state index contributed by atoms with van der Waals surface area (Å²) in [5.41, 5.74) is -0.0200. The molecule has 0 saturated carbocycles. The van der Waals surface area contributed by atoms with E-state index in [9.17, 15) is 9.59 Å². The Morgan fingerprint density at radius 3 is 2.94 bits per heavy atom. The van der Waals surface area contributed by atoms with E-state index >= 15 is 0 Å². The van der Waals surface area contributed by atoms with Crippen molar-refractivity contribution in [1.29, 1.82) is 0 Å². The maximum absolute atomic E-state index is 11.3. The van der Waals surface area contributed by atoms with Gasteiger partial charge in [0.2, 0.25) is 5.91 Å². The van der Waals surface area contributed by atoms with Gasteiger partial charge in [-0.25, -0.2) is 9.78 Å². The number of carbonyl (C=O) groups is 2. The number of aromatic nitrogens is 2. The molecule has 6 nitrogen and oxygen atoms in total. The lowest BCUT2D eigenvalue weighted by atomic mass is 10.4. The van der Waals surface area contributed by atoms with E-state index in [0.29, 0.717) is 5.82 Å². The number of aromatic carboxylic acids is 1. The fourth-order valence-electron chi connectivity index (χ4n) is 1.19. The molecule has 0 unspecified atom stereocenters. The third-order valence-electron chi connectivity index (χ3n) is 1.96. The van der Waals surface area contributed by atoms with Crippen molar-refractivity contribution in [2.24, 2.45) is 0 Å². The van der Waals surface area contributed by atoms with Crippen LogP contribution in [-0.4, -0.2) is 33.1 Å². The van der Waals surface area contributed by atoms with Crippen molar-refractivity contribution in [3.05, 3.63) is 17.7 Å². The quantitative estimate of drug-likeness (QED) is 0.680. The molecule has 1 aromatic heterocycles. The monoisotopic (exact) mass is 221 g/mol. The zero-order valence-corrected chi connectivity index (χ0v) is 8.73. The third-order valence-corrected chi connectivity index (χ3v) is 1.96. The van der Waals surface area contributed by atoms with E-state index in [1.807, 2.05) is 0 Å². The van der Waals surface area contributed by atoms with Gasteiger partial charge in [0, 0.05) is 0 Å². The predicted molar refractivity (Wildman–Crippen MR) is 55.8 cm³/mol. The summed E-state index contributed by atoms with van der Waals surface area (Å²) in [5.74, 6) is 1.26. The van der Waals surface area contributed by atoms with Crippen LogP contribution in [0.25, 0.3) is 0 Å². The number of carboxylic acid groups (broad SMARTS) is 1. The van der Waals surface area contributed by atoms with E-state index in [-0.39, 0.29) is 24.7 Å². The molecular formula is C10H11N3O3. The molecule has 0 fully saturated rings. The van der Waals surface area contributed by atoms with Gasteiger partial charge >= 0.3 is 5.97 Å². The average Bonchev–Trinajstić information content (AvgIpc) is 2.58. The topological polar surface area (TPSA) is 84.2 Å². The zero-order valence-electron chi connectivity index (χ0n) is 8.73. The van der Waals surface area contributed by atoms with Gasteiger partial charge in [-0.3, -0.25) is 4.79 Å². The van der Waals surface area contributed by atoms with E-state index in [1.165, 1.54) is 10.8 Å². The van der Waals surface area contributed by atoms with E-state index in [2.05, 4.69) is 16.2 Å². The summed E-state index contributed by atoms with van der Waals surface area (Å²) in [6, 6.07) is 0. The Morgan fingerprint density at radius 1 is 1.69 bits per heavy atom. The number of carboxylic acids is 1. The second-order valence-electron chi connectivity index (χ2n) is 3.06. The molecule has 1 rings (SSSR count). The highest BCUT2D eigenvalue weighted by molar-refractivity contribution is 5.86. The first-order valence-electron chi connectivity index (χ1n) is 4.52. The molecule has 0 aliphatic carbocycles. The van der Waals surface area contributed by atoms with Crippen molar-refractivity contribution in [2.75, 3.05) is 6.54 Å². The first-order chi connectivity index (χ1) is 7.56. The van der Waals surface area contributed by atoms with Crippen molar-refractivity contribution >= 4 is 11.9 Å².